The molecule has 0 aliphatic rings. The summed E-state index contributed by atoms with van der Waals surface area (Å²) >= 11 is 0. The van der Waals surface area contributed by atoms with Crippen LogP contribution in [0, 0.1) is 10.1 Å². The first-order valence-electron chi connectivity index (χ1n) is 2.83. The first kappa shape index (κ1) is 7.33. The first-order valence-corrected chi connectivity index (χ1v) is 2.83. The summed E-state index contributed by atoms with van der Waals surface area (Å²) in [6.07, 6.45) is 4.21. The predicted molar refractivity (Wildman–Crippen MR) is 38.8 cm³/mol. The minimum Gasteiger partial charge on any atom is -0.390 e. The maximum atomic E-state index is 10.1. The molecule has 56 valence electrons. The van der Waals surface area contributed by atoms with Crippen LogP contribution in [0.25, 0.3) is 6.08 Å². The number of aromatic nitrogens is 2. The summed E-state index contributed by atoms with van der Waals surface area (Å²) in [7, 11) is 0. The van der Waals surface area contributed by atoms with Crippen LogP contribution in [0.1, 0.15) is 5.56 Å². The highest BCUT2D eigenvalue weighted by Gasteiger charge is 2.05. The van der Waals surface area contributed by atoms with Gasteiger partial charge in [0.15, 0.2) is 0 Å². The SMILES string of the molecule is C=Cc1cnc([N+](=O)[O-])nc1. The third kappa shape index (κ3) is 1.57. The molecule has 0 saturated carbocycles. The van der Waals surface area contributed by atoms with Gasteiger partial charge in [0.2, 0.25) is 0 Å². The highest BCUT2D eigenvalue weighted by molar-refractivity contribution is 5.43. The fraction of sp³-hybridized carbons (Fsp3) is 0. The summed E-state index contributed by atoms with van der Waals surface area (Å²) in [6, 6.07) is 0. The van der Waals surface area contributed by atoms with Crippen molar-refractivity contribution in [3.63, 3.8) is 0 Å². The highest BCUT2D eigenvalue weighted by Crippen LogP contribution is 2.02. The Balaban J connectivity index is 3.00. The maximum absolute atomic E-state index is 10.1. The zero-order chi connectivity index (χ0) is 8.27. The molecular formula is C6H5N3O2. The van der Waals surface area contributed by atoms with E-state index in [1.165, 1.54) is 18.5 Å². The minimum absolute atomic E-state index is 0.393. The molecule has 5 nitrogen and oxygen atoms in total. The molecule has 0 bridgehead atoms. The van der Waals surface area contributed by atoms with Gasteiger partial charge in [0.25, 0.3) is 0 Å². The first-order chi connectivity index (χ1) is 5.24. The van der Waals surface area contributed by atoms with Gasteiger partial charge in [-0.05, 0) is 4.92 Å². The van der Waals surface area contributed by atoms with E-state index >= 15 is 0 Å². The lowest BCUT2D eigenvalue weighted by Crippen LogP contribution is -1.94. The zero-order valence-electron chi connectivity index (χ0n) is 5.60. The average molecular weight is 151 g/mol. The van der Waals surface area contributed by atoms with Crippen LogP contribution in [0.4, 0.5) is 5.95 Å². The van der Waals surface area contributed by atoms with Crippen LogP contribution >= 0.6 is 0 Å². The fourth-order valence-electron chi connectivity index (χ4n) is 0.531. The molecule has 0 atom stereocenters. The quantitative estimate of drug-likeness (QED) is 0.467. The van der Waals surface area contributed by atoms with Crippen molar-refractivity contribution in [2.45, 2.75) is 0 Å². The maximum Gasteiger partial charge on any atom is 0.468 e. The second-order valence-electron chi connectivity index (χ2n) is 1.78. The van der Waals surface area contributed by atoms with E-state index in [-0.39, 0.29) is 0 Å². The Labute approximate surface area is 62.6 Å². The smallest absolute Gasteiger partial charge is 0.390 e. The van der Waals surface area contributed by atoms with Crippen molar-refractivity contribution >= 4 is 12.0 Å². The Morgan fingerprint density at radius 3 is 2.45 bits per heavy atom. The van der Waals surface area contributed by atoms with Crippen molar-refractivity contribution in [1.82, 2.24) is 9.97 Å². The summed E-state index contributed by atoms with van der Waals surface area (Å²) in [4.78, 5) is 16.3. The Hall–Kier alpha value is -1.78. The lowest BCUT2D eigenvalue weighted by atomic mass is 10.3. The van der Waals surface area contributed by atoms with E-state index in [0.29, 0.717) is 5.56 Å². The van der Waals surface area contributed by atoms with E-state index in [1.54, 1.807) is 0 Å². The lowest BCUT2D eigenvalue weighted by molar-refractivity contribution is -0.394. The van der Waals surface area contributed by atoms with Crippen molar-refractivity contribution in [3.05, 3.63) is 34.7 Å². The number of hydrogen-bond donors (Lipinski definition) is 0. The van der Waals surface area contributed by atoms with Gasteiger partial charge in [-0.15, -0.1) is 0 Å². The summed E-state index contributed by atoms with van der Waals surface area (Å²) in [5.41, 5.74) is 0.663. The molecule has 0 aliphatic carbocycles. The Kier molecular flexibility index (Phi) is 1.91. The van der Waals surface area contributed by atoms with Crippen molar-refractivity contribution in [3.8, 4) is 0 Å². The molecular weight excluding hydrogens is 146 g/mol. The van der Waals surface area contributed by atoms with E-state index < -0.39 is 10.9 Å². The molecule has 0 amide bonds. The topological polar surface area (TPSA) is 68.9 Å². The molecule has 11 heavy (non-hydrogen) atoms. The summed E-state index contributed by atoms with van der Waals surface area (Å²) in [5, 5.41) is 10.1. The van der Waals surface area contributed by atoms with Gasteiger partial charge < -0.3 is 10.1 Å². The van der Waals surface area contributed by atoms with Crippen molar-refractivity contribution in [2.75, 3.05) is 0 Å². The van der Waals surface area contributed by atoms with Crippen molar-refractivity contribution < 1.29 is 4.92 Å². The van der Waals surface area contributed by atoms with E-state index in [0.717, 1.165) is 0 Å². The van der Waals surface area contributed by atoms with Crippen LogP contribution in [-0.4, -0.2) is 14.9 Å². The molecule has 1 rings (SSSR count). The molecule has 1 aromatic heterocycles. The van der Waals surface area contributed by atoms with Gasteiger partial charge in [-0.25, -0.2) is 0 Å². The van der Waals surface area contributed by atoms with E-state index in [2.05, 4.69) is 16.5 Å². The van der Waals surface area contributed by atoms with Gasteiger partial charge in [0.05, 0.1) is 0 Å². The molecule has 1 aromatic rings. The van der Waals surface area contributed by atoms with Crippen LogP contribution in [0.5, 0.6) is 0 Å². The van der Waals surface area contributed by atoms with Crippen LogP contribution in [0.2, 0.25) is 0 Å². The Morgan fingerprint density at radius 2 is 2.09 bits per heavy atom. The van der Waals surface area contributed by atoms with Gasteiger partial charge >= 0.3 is 5.95 Å². The number of hydrogen-bond acceptors (Lipinski definition) is 4. The third-order valence-electron chi connectivity index (χ3n) is 1.06. The molecule has 0 aliphatic heterocycles. The van der Waals surface area contributed by atoms with Crippen LogP contribution < -0.4 is 0 Å². The largest absolute Gasteiger partial charge is 0.468 e. The molecule has 1 heterocycles. The number of nitrogens with zero attached hydrogens (tertiary/aromatic N) is 3. The van der Waals surface area contributed by atoms with E-state index in [1.807, 2.05) is 0 Å². The molecule has 0 N–H and O–H groups in total. The van der Waals surface area contributed by atoms with Gasteiger partial charge in [0.1, 0.15) is 12.4 Å². The standard InChI is InChI=1S/C6H5N3O2/c1-2-5-3-7-6(8-4-5)9(10)11/h2-4H,1H2. The van der Waals surface area contributed by atoms with Crippen molar-refractivity contribution in [2.24, 2.45) is 0 Å². The van der Waals surface area contributed by atoms with Gasteiger partial charge in [-0.2, -0.15) is 0 Å². The van der Waals surface area contributed by atoms with E-state index in [4.69, 9.17) is 0 Å². The monoisotopic (exact) mass is 151 g/mol. The lowest BCUT2D eigenvalue weighted by Gasteiger charge is -1.89. The number of rotatable bonds is 2. The normalized spacial score (nSPS) is 9.09. The summed E-state index contributed by atoms with van der Waals surface area (Å²) in [5.74, 6) is -0.393. The molecule has 0 radical (unpaired) electrons. The van der Waals surface area contributed by atoms with Crippen LogP contribution in [0.3, 0.4) is 0 Å². The molecule has 5 heteroatoms. The highest BCUT2D eigenvalue weighted by atomic mass is 16.6. The van der Waals surface area contributed by atoms with Crippen LogP contribution in [0.15, 0.2) is 19.0 Å². The molecule has 0 saturated heterocycles. The third-order valence-corrected chi connectivity index (χ3v) is 1.06. The molecule has 0 unspecified atom stereocenters. The number of nitro groups is 1. The zero-order valence-corrected chi connectivity index (χ0v) is 5.60. The summed E-state index contributed by atoms with van der Waals surface area (Å²) in [6.45, 7) is 3.46. The predicted octanol–water partition coefficient (Wildman–Crippen LogP) is 1.03. The second kappa shape index (κ2) is 2.87. The van der Waals surface area contributed by atoms with Crippen LogP contribution in [-0.2, 0) is 0 Å². The Bertz CT molecular complexity index is 280. The minimum atomic E-state index is -0.646. The molecule has 0 spiro atoms. The molecule has 0 aromatic carbocycles. The Morgan fingerprint density at radius 1 is 1.55 bits per heavy atom. The van der Waals surface area contributed by atoms with Gasteiger partial charge in [0, 0.05) is 5.56 Å². The van der Waals surface area contributed by atoms with Gasteiger partial charge in [-0.1, -0.05) is 22.6 Å². The second-order valence-corrected chi connectivity index (χ2v) is 1.78. The van der Waals surface area contributed by atoms with Gasteiger partial charge in [-0.3, -0.25) is 0 Å². The van der Waals surface area contributed by atoms with E-state index in [9.17, 15) is 10.1 Å². The summed E-state index contributed by atoms with van der Waals surface area (Å²) < 4.78 is 0. The van der Waals surface area contributed by atoms with Crippen molar-refractivity contribution in [1.29, 1.82) is 0 Å². The fourth-order valence-corrected chi connectivity index (χ4v) is 0.531. The average Bonchev–Trinajstić information content (AvgIpc) is 2.05. The molecule has 0 fully saturated rings.